The lowest BCUT2D eigenvalue weighted by atomic mass is 9.80. The van der Waals surface area contributed by atoms with Gasteiger partial charge in [-0.3, -0.25) is 0 Å². The molecule has 0 aliphatic carbocycles. The number of aliphatic hydroxyl groups excluding tert-OH is 2. The molecule has 0 saturated carbocycles. The number of hydrogen-bond donors (Lipinski definition) is 2. The summed E-state index contributed by atoms with van der Waals surface area (Å²) in [4.78, 5) is 4.04. The van der Waals surface area contributed by atoms with E-state index in [4.69, 9.17) is 4.74 Å². The van der Waals surface area contributed by atoms with Crippen LogP contribution < -0.4 is 14.5 Å². The maximum atomic E-state index is 10.2. The van der Waals surface area contributed by atoms with Crippen LogP contribution in [0.25, 0.3) is 0 Å². The molecule has 31 heavy (non-hydrogen) atoms. The van der Waals surface area contributed by atoms with E-state index in [0.29, 0.717) is 0 Å². The van der Waals surface area contributed by atoms with Gasteiger partial charge >= 0.3 is 0 Å². The van der Waals surface area contributed by atoms with Crippen molar-refractivity contribution in [1.29, 1.82) is 0 Å². The number of benzene rings is 3. The molecule has 3 rings (SSSR count). The Morgan fingerprint density at radius 2 is 1.19 bits per heavy atom. The molecule has 5 nitrogen and oxygen atoms in total. The molecular formula is C26H32N2O3. The van der Waals surface area contributed by atoms with Gasteiger partial charge in [-0.1, -0.05) is 30.3 Å². The zero-order chi connectivity index (χ0) is 22.5. The fourth-order valence-corrected chi connectivity index (χ4v) is 3.99. The van der Waals surface area contributed by atoms with E-state index >= 15 is 0 Å². The van der Waals surface area contributed by atoms with Crippen LogP contribution in [0.4, 0.5) is 11.4 Å². The van der Waals surface area contributed by atoms with Gasteiger partial charge < -0.3 is 24.7 Å². The summed E-state index contributed by atoms with van der Waals surface area (Å²) in [6, 6.07) is 20.2. The first-order chi connectivity index (χ1) is 14.9. The predicted molar refractivity (Wildman–Crippen MR) is 127 cm³/mol. The SMILES string of the molecule is COc1ccccc1C(c1ccc(N(C)C)cc1CO)c1ccc(N(C)C)cc1CO. The largest absolute Gasteiger partial charge is 0.496 e. The number of hydrogen-bond acceptors (Lipinski definition) is 5. The molecule has 3 aromatic carbocycles. The van der Waals surface area contributed by atoms with Crippen LogP contribution in [0, 0.1) is 0 Å². The Morgan fingerprint density at radius 1 is 0.710 bits per heavy atom. The highest BCUT2D eigenvalue weighted by Crippen LogP contribution is 2.41. The minimum absolute atomic E-state index is 0.0765. The van der Waals surface area contributed by atoms with Gasteiger partial charge in [0.2, 0.25) is 0 Å². The normalized spacial score (nSPS) is 11.0. The standard InChI is InChI=1S/C26H32N2O3/c1-27(2)20-10-12-22(18(14-20)16-29)26(24-8-6-7-9-25(24)31-5)23-13-11-21(28(3)4)15-19(23)17-30/h6-15,26,29-30H,16-17H2,1-5H3. The summed E-state index contributed by atoms with van der Waals surface area (Å²) in [5.74, 6) is 0.571. The maximum Gasteiger partial charge on any atom is 0.123 e. The maximum absolute atomic E-state index is 10.2. The Bertz CT molecular complexity index is 971. The Kier molecular flexibility index (Phi) is 7.21. The molecule has 0 atom stereocenters. The van der Waals surface area contributed by atoms with Gasteiger partial charge in [0.15, 0.2) is 0 Å². The number of aliphatic hydroxyl groups is 2. The van der Waals surface area contributed by atoms with Crippen molar-refractivity contribution in [2.75, 3.05) is 45.1 Å². The lowest BCUT2D eigenvalue weighted by Gasteiger charge is -2.27. The monoisotopic (exact) mass is 420 g/mol. The summed E-state index contributed by atoms with van der Waals surface area (Å²) < 4.78 is 5.70. The number of rotatable bonds is 8. The third kappa shape index (κ3) is 4.68. The van der Waals surface area contributed by atoms with E-state index in [1.54, 1.807) is 7.11 Å². The van der Waals surface area contributed by atoms with Crippen LogP contribution in [0.5, 0.6) is 5.75 Å². The molecule has 0 unspecified atom stereocenters. The van der Waals surface area contributed by atoms with E-state index in [9.17, 15) is 10.2 Å². The average molecular weight is 421 g/mol. The van der Waals surface area contributed by atoms with E-state index in [-0.39, 0.29) is 19.1 Å². The van der Waals surface area contributed by atoms with Crippen molar-refractivity contribution in [1.82, 2.24) is 0 Å². The molecule has 0 radical (unpaired) electrons. The van der Waals surface area contributed by atoms with Crippen LogP contribution in [0.2, 0.25) is 0 Å². The first-order valence-corrected chi connectivity index (χ1v) is 10.4. The highest BCUT2D eigenvalue weighted by molar-refractivity contribution is 5.60. The minimum atomic E-state index is -0.201. The van der Waals surface area contributed by atoms with Gasteiger partial charge in [0.1, 0.15) is 5.75 Å². The van der Waals surface area contributed by atoms with Gasteiger partial charge in [0.25, 0.3) is 0 Å². The van der Waals surface area contributed by atoms with Gasteiger partial charge in [0, 0.05) is 51.0 Å². The van der Waals surface area contributed by atoms with Crippen LogP contribution in [0.1, 0.15) is 33.7 Å². The molecule has 2 N–H and O–H groups in total. The van der Waals surface area contributed by atoms with Crippen molar-refractivity contribution >= 4 is 11.4 Å². The molecule has 5 heteroatoms. The Labute approximate surface area is 185 Å². The zero-order valence-corrected chi connectivity index (χ0v) is 19.0. The van der Waals surface area contributed by atoms with Crippen LogP contribution in [-0.4, -0.2) is 45.5 Å². The fourth-order valence-electron chi connectivity index (χ4n) is 3.99. The Balaban J connectivity index is 2.30. The first-order valence-electron chi connectivity index (χ1n) is 10.4. The van der Waals surface area contributed by atoms with Gasteiger partial charge in [-0.2, -0.15) is 0 Å². The summed E-state index contributed by atoms with van der Waals surface area (Å²) in [7, 11) is 9.60. The summed E-state index contributed by atoms with van der Waals surface area (Å²) >= 11 is 0. The second kappa shape index (κ2) is 9.86. The van der Waals surface area contributed by atoms with E-state index in [1.165, 1.54) is 0 Å². The number of para-hydroxylation sites is 1. The van der Waals surface area contributed by atoms with E-state index < -0.39 is 0 Å². The fraction of sp³-hybridized carbons (Fsp3) is 0.308. The number of anilines is 2. The van der Waals surface area contributed by atoms with Crippen molar-refractivity contribution in [3.63, 3.8) is 0 Å². The second-order valence-electron chi connectivity index (χ2n) is 8.05. The van der Waals surface area contributed by atoms with Crippen LogP contribution in [0.3, 0.4) is 0 Å². The van der Waals surface area contributed by atoms with Crippen LogP contribution in [-0.2, 0) is 13.2 Å². The molecule has 0 aliphatic rings. The smallest absolute Gasteiger partial charge is 0.123 e. The van der Waals surface area contributed by atoms with Gasteiger partial charge in [-0.15, -0.1) is 0 Å². The topological polar surface area (TPSA) is 56.2 Å². The molecule has 164 valence electrons. The predicted octanol–water partition coefficient (Wildman–Crippen LogP) is 3.99. The lowest BCUT2D eigenvalue weighted by Crippen LogP contribution is -2.14. The molecule has 0 aliphatic heterocycles. The van der Waals surface area contributed by atoms with Crippen molar-refractivity contribution in [3.8, 4) is 5.75 Å². The summed E-state index contributed by atoms with van der Waals surface area (Å²) in [6.07, 6.45) is 0. The Morgan fingerprint density at radius 3 is 1.61 bits per heavy atom. The minimum Gasteiger partial charge on any atom is -0.496 e. The van der Waals surface area contributed by atoms with Crippen molar-refractivity contribution in [2.24, 2.45) is 0 Å². The summed E-state index contributed by atoms with van der Waals surface area (Å²) in [6.45, 7) is -0.153. The first kappa shape index (κ1) is 22.7. The number of ether oxygens (including phenoxy) is 1. The Hall–Kier alpha value is -3.02. The lowest BCUT2D eigenvalue weighted by molar-refractivity contribution is 0.279. The van der Waals surface area contributed by atoms with Gasteiger partial charge in [-0.05, 0) is 52.6 Å². The quantitative estimate of drug-likeness (QED) is 0.540. The molecule has 0 saturated heterocycles. The van der Waals surface area contributed by atoms with Crippen molar-refractivity contribution in [3.05, 3.63) is 88.5 Å². The van der Waals surface area contributed by atoms with Crippen LogP contribution in [0.15, 0.2) is 60.7 Å². The highest BCUT2D eigenvalue weighted by atomic mass is 16.5. The zero-order valence-electron chi connectivity index (χ0n) is 19.0. The van der Waals surface area contributed by atoms with Crippen molar-refractivity contribution < 1.29 is 14.9 Å². The van der Waals surface area contributed by atoms with E-state index in [0.717, 1.165) is 44.9 Å². The third-order valence-electron chi connectivity index (χ3n) is 5.70. The second-order valence-corrected chi connectivity index (χ2v) is 8.05. The molecule has 3 aromatic rings. The van der Waals surface area contributed by atoms with Crippen LogP contribution >= 0.6 is 0 Å². The highest BCUT2D eigenvalue weighted by Gasteiger charge is 2.25. The molecular weight excluding hydrogens is 388 g/mol. The molecule has 0 bridgehead atoms. The molecule has 0 heterocycles. The molecule has 0 fully saturated rings. The average Bonchev–Trinajstić information content (AvgIpc) is 2.79. The van der Waals surface area contributed by atoms with Crippen molar-refractivity contribution in [2.45, 2.75) is 19.1 Å². The summed E-state index contributed by atoms with van der Waals surface area (Å²) in [5, 5.41) is 20.5. The summed E-state index contributed by atoms with van der Waals surface area (Å²) in [5.41, 5.74) is 6.72. The van der Waals surface area contributed by atoms with Gasteiger partial charge in [-0.25, -0.2) is 0 Å². The van der Waals surface area contributed by atoms with Gasteiger partial charge in [0.05, 0.1) is 20.3 Å². The molecule has 0 amide bonds. The molecule has 0 spiro atoms. The third-order valence-corrected chi connectivity index (χ3v) is 5.70. The number of methoxy groups -OCH3 is 1. The number of nitrogens with zero attached hydrogens (tertiary/aromatic N) is 2. The molecule has 0 aromatic heterocycles. The van der Waals surface area contributed by atoms with E-state index in [2.05, 4.69) is 24.3 Å². The van der Waals surface area contributed by atoms with E-state index in [1.807, 2.05) is 74.4 Å².